The van der Waals surface area contributed by atoms with Gasteiger partial charge in [-0.15, -0.1) is 0 Å². The molecule has 0 spiro atoms. The molecule has 1 aliphatic rings. The van der Waals surface area contributed by atoms with E-state index in [0.29, 0.717) is 12.1 Å². The molecule has 0 bridgehead atoms. The molecule has 0 saturated carbocycles. The number of para-hydroxylation sites is 1. The van der Waals surface area contributed by atoms with E-state index in [9.17, 15) is 29.1 Å². The summed E-state index contributed by atoms with van der Waals surface area (Å²) in [4.78, 5) is 61.4. The first-order chi connectivity index (χ1) is 14.7. The number of thioether (sulfide) groups is 1. The fourth-order valence-corrected chi connectivity index (χ4v) is 4.15. The van der Waals surface area contributed by atoms with Crippen molar-refractivity contribution in [1.82, 2.24) is 0 Å². The molecule has 2 aromatic carbocycles. The third kappa shape index (κ3) is 4.58. The molecular formula is C21H18N2O7S. The predicted molar refractivity (Wildman–Crippen MR) is 114 cm³/mol. The molecule has 1 fully saturated rings. The van der Waals surface area contributed by atoms with Crippen molar-refractivity contribution in [2.45, 2.75) is 25.0 Å². The summed E-state index contributed by atoms with van der Waals surface area (Å²) < 4.78 is 0. The van der Waals surface area contributed by atoms with Gasteiger partial charge in [-0.05, 0) is 48.0 Å². The van der Waals surface area contributed by atoms with Gasteiger partial charge in [0.25, 0.3) is 5.24 Å². The molecule has 160 valence electrons. The lowest BCUT2D eigenvalue weighted by molar-refractivity contribution is -0.121. The van der Waals surface area contributed by atoms with E-state index in [4.69, 9.17) is 5.11 Å². The number of carboxylic acids is 2. The number of hydrogen-bond donors (Lipinski definition) is 3. The van der Waals surface area contributed by atoms with Crippen LogP contribution in [-0.2, 0) is 16.0 Å². The Hall–Kier alpha value is -3.66. The van der Waals surface area contributed by atoms with Crippen molar-refractivity contribution in [3.05, 3.63) is 59.2 Å². The lowest BCUT2D eigenvalue weighted by atomic mass is 10.1. The summed E-state index contributed by atoms with van der Waals surface area (Å²) in [7, 11) is 0. The first kappa shape index (κ1) is 22.0. The number of rotatable bonds is 7. The number of hydrogen-bond acceptors (Lipinski definition) is 6. The second kappa shape index (κ2) is 9.00. The van der Waals surface area contributed by atoms with Gasteiger partial charge in [0, 0.05) is 6.42 Å². The highest BCUT2D eigenvalue weighted by Crippen LogP contribution is 2.35. The number of benzene rings is 2. The van der Waals surface area contributed by atoms with Gasteiger partial charge in [0.2, 0.25) is 11.8 Å². The molecule has 0 aromatic heterocycles. The van der Waals surface area contributed by atoms with Gasteiger partial charge in [-0.25, -0.2) is 14.5 Å². The van der Waals surface area contributed by atoms with Crippen LogP contribution in [0.15, 0.2) is 42.5 Å². The van der Waals surface area contributed by atoms with E-state index in [1.807, 2.05) is 13.0 Å². The topological polar surface area (TPSA) is 141 Å². The fourth-order valence-electron chi connectivity index (χ4n) is 3.17. The minimum atomic E-state index is -1.35. The van der Waals surface area contributed by atoms with Crippen molar-refractivity contribution in [3.8, 4) is 0 Å². The zero-order valence-corrected chi connectivity index (χ0v) is 17.1. The lowest BCUT2D eigenvalue weighted by Gasteiger charge is -2.17. The molecule has 3 amide bonds. The SMILES string of the molecule is CCc1ccccc1N1C(=O)SC(CC(=O)Nc2cc(C(=O)O)ccc2C(=O)O)C1=O. The maximum atomic E-state index is 12.8. The average Bonchev–Trinajstić information content (AvgIpc) is 3.00. The Balaban J connectivity index is 1.78. The maximum absolute atomic E-state index is 12.8. The van der Waals surface area contributed by atoms with Gasteiger partial charge in [0.15, 0.2) is 0 Å². The van der Waals surface area contributed by atoms with E-state index >= 15 is 0 Å². The summed E-state index contributed by atoms with van der Waals surface area (Å²) in [6, 6.07) is 10.2. The van der Waals surface area contributed by atoms with Crippen molar-refractivity contribution in [2.75, 3.05) is 10.2 Å². The Kier molecular flexibility index (Phi) is 6.40. The molecule has 1 atom stereocenters. The minimum absolute atomic E-state index is 0.202. The molecule has 1 heterocycles. The van der Waals surface area contributed by atoms with Crippen LogP contribution < -0.4 is 10.2 Å². The van der Waals surface area contributed by atoms with E-state index in [0.717, 1.165) is 40.4 Å². The van der Waals surface area contributed by atoms with Crippen LogP contribution in [0.1, 0.15) is 39.6 Å². The summed E-state index contributed by atoms with van der Waals surface area (Å²) in [5.41, 5.74) is 0.582. The van der Waals surface area contributed by atoms with Gasteiger partial charge in [-0.1, -0.05) is 25.1 Å². The minimum Gasteiger partial charge on any atom is -0.478 e. The first-order valence-corrected chi connectivity index (χ1v) is 10.1. The highest BCUT2D eigenvalue weighted by Gasteiger charge is 2.42. The Morgan fingerprint density at radius 3 is 2.42 bits per heavy atom. The number of carbonyl (C=O) groups is 5. The number of imide groups is 1. The number of carbonyl (C=O) groups excluding carboxylic acids is 3. The molecule has 1 unspecified atom stereocenters. The van der Waals surface area contributed by atoms with Crippen molar-refractivity contribution in [3.63, 3.8) is 0 Å². The number of amides is 3. The molecule has 0 radical (unpaired) electrons. The van der Waals surface area contributed by atoms with Crippen LogP contribution in [0.4, 0.5) is 16.2 Å². The lowest BCUT2D eigenvalue weighted by Crippen LogP contribution is -2.33. The van der Waals surface area contributed by atoms with Crippen LogP contribution in [0.3, 0.4) is 0 Å². The number of nitrogens with zero attached hydrogens (tertiary/aromatic N) is 1. The Morgan fingerprint density at radius 1 is 1.06 bits per heavy atom. The summed E-state index contributed by atoms with van der Waals surface area (Å²) in [6.07, 6.45) is 0.233. The number of aromatic carboxylic acids is 2. The van der Waals surface area contributed by atoms with Crippen LogP contribution in [0, 0.1) is 0 Å². The third-order valence-electron chi connectivity index (χ3n) is 4.68. The zero-order valence-electron chi connectivity index (χ0n) is 16.3. The first-order valence-electron chi connectivity index (χ1n) is 9.26. The van der Waals surface area contributed by atoms with Gasteiger partial charge in [0.05, 0.1) is 22.5 Å². The van der Waals surface area contributed by atoms with E-state index in [-0.39, 0.29) is 23.2 Å². The van der Waals surface area contributed by atoms with Crippen molar-refractivity contribution < 1.29 is 34.2 Å². The standard InChI is InChI=1S/C21H18N2O7S/c1-2-11-5-3-4-6-15(11)23-18(25)16(31-21(23)30)10-17(24)22-14-9-12(19(26)27)7-8-13(14)20(28)29/h3-9,16H,2,10H2,1H3,(H,22,24)(H,26,27)(H,28,29). The molecule has 0 aliphatic carbocycles. The summed E-state index contributed by atoms with van der Waals surface area (Å²) in [5.74, 6) is -3.89. The highest BCUT2D eigenvalue weighted by atomic mass is 32.2. The fraction of sp³-hybridized carbons (Fsp3) is 0.190. The maximum Gasteiger partial charge on any atom is 0.337 e. The summed E-state index contributed by atoms with van der Waals surface area (Å²) in [6.45, 7) is 1.90. The zero-order chi connectivity index (χ0) is 22.7. The Bertz CT molecular complexity index is 1100. The second-order valence-corrected chi connectivity index (χ2v) is 7.81. The van der Waals surface area contributed by atoms with Crippen molar-refractivity contribution >= 4 is 52.1 Å². The largest absolute Gasteiger partial charge is 0.478 e. The summed E-state index contributed by atoms with van der Waals surface area (Å²) in [5, 5.41) is 19.2. The van der Waals surface area contributed by atoms with Crippen LogP contribution >= 0.6 is 11.8 Å². The monoisotopic (exact) mass is 442 g/mol. The average molecular weight is 442 g/mol. The Labute approximate surface area is 181 Å². The van der Waals surface area contributed by atoms with E-state index in [1.54, 1.807) is 18.2 Å². The van der Waals surface area contributed by atoms with E-state index < -0.39 is 34.2 Å². The molecule has 3 rings (SSSR count). The molecule has 9 nitrogen and oxygen atoms in total. The van der Waals surface area contributed by atoms with Crippen LogP contribution in [0.25, 0.3) is 0 Å². The van der Waals surface area contributed by atoms with Crippen LogP contribution in [-0.4, -0.2) is 44.5 Å². The molecule has 3 N–H and O–H groups in total. The molecular weight excluding hydrogens is 424 g/mol. The highest BCUT2D eigenvalue weighted by molar-refractivity contribution is 8.15. The number of nitrogens with one attached hydrogen (secondary N) is 1. The van der Waals surface area contributed by atoms with Gasteiger partial charge in [-0.2, -0.15) is 0 Å². The number of carboxylic acid groups (broad SMARTS) is 2. The number of aryl methyl sites for hydroxylation is 1. The summed E-state index contributed by atoms with van der Waals surface area (Å²) >= 11 is 0.719. The predicted octanol–water partition coefficient (Wildman–Crippen LogP) is 3.24. The second-order valence-electron chi connectivity index (χ2n) is 6.65. The van der Waals surface area contributed by atoms with Gasteiger partial charge in [-0.3, -0.25) is 14.4 Å². The quantitative estimate of drug-likeness (QED) is 0.593. The van der Waals surface area contributed by atoms with Crippen molar-refractivity contribution in [2.24, 2.45) is 0 Å². The smallest absolute Gasteiger partial charge is 0.337 e. The van der Waals surface area contributed by atoms with E-state index in [1.165, 1.54) is 0 Å². The van der Waals surface area contributed by atoms with Gasteiger partial charge >= 0.3 is 11.9 Å². The molecule has 2 aromatic rings. The van der Waals surface area contributed by atoms with Crippen LogP contribution in [0.2, 0.25) is 0 Å². The third-order valence-corrected chi connectivity index (χ3v) is 5.71. The molecule has 1 saturated heterocycles. The molecule has 10 heteroatoms. The van der Waals surface area contributed by atoms with Crippen LogP contribution in [0.5, 0.6) is 0 Å². The molecule has 31 heavy (non-hydrogen) atoms. The molecule has 1 aliphatic heterocycles. The normalized spacial score (nSPS) is 15.8. The van der Waals surface area contributed by atoms with E-state index in [2.05, 4.69) is 5.32 Å². The van der Waals surface area contributed by atoms with Gasteiger partial charge < -0.3 is 15.5 Å². The number of anilines is 2. The van der Waals surface area contributed by atoms with Gasteiger partial charge in [0.1, 0.15) is 5.25 Å². The Morgan fingerprint density at radius 2 is 1.77 bits per heavy atom. The van der Waals surface area contributed by atoms with Crippen molar-refractivity contribution in [1.29, 1.82) is 0 Å².